The molecule has 0 aliphatic heterocycles. The number of aromatic carboxylic acids is 1. The van der Waals surface area contributed by atoms with Gasteiger partial charge >= 0.3 is 0 Å². The molecule has 2 amide bonds. The van der Waals surface area contributed by atoms with Crippen LogP contribution in [0, 0.1) is 0 Å². The van der Waals surface area contributed by atoms with Gasteiger partial charge in [-0.1, -0.05) is 45.0 Å². The monoisotopic (exact) mass is 464 g/mol. The summed E-state index contributed by atoms with van der Waals surface area (Å²) in [5.41, 5.74) is 7.10. The van der Waals surface area contributed by atoms with E-state index in [2.05, 4.69) is 36.5 Å². The number of benzene rings is 2. The lowest BCUT2D eigenvalue weighted by atomic mass is 9.87. The maximum Gasteiger partial charge on any atom is 0.257 e. The van der Waals surface area contributed by atoms with Crippen LogP contribution in [0.3, 0.4) is 0 Å². The van der Waals surface area contributed by atoms with E-state index in [0.717, 1.165) is 5.56 Å². The molecule has 0 saturated carbocycles. The van der Waals surface area contributed by atoms with Crippen LogP contribution in [-0.2, 0) is 5.41 Å². The number of primary amides is 1. The maximum absolute atomic E-state index is 12.6. The van der Waals surface area contributed by atoms with Gasteiger partial charge in [0.1, 0.15) is 11.4 Å². The Balaban J connectivity index is 1.84. The van der Waals surface area contributed by atoms with Gasteiger partial charge in [-0.3, -0.25) is 14.9 Å². The van der Waals surface area contributed by atoms with Crippen molar-refractivity contribution < 1.29 is 19.5 Å². The molecule has 3 rings (SSSR count). The third kappa shape index (κ3) is 5.42. The van der Waals surface area contributed by atoms with E-state index in [9.17, 15) is 19.5 Å². The van der Waals surface area contributed by atoms with E-state index in [-0.39, 0.29) is 27.5 Å². The first-order chi connectivity index (χ1) is 15.5. The van der Waals surface area contributed by atoms with Crippen LogP contribution in [0.2, 0.25) is 0 Å². The van der Waals surface area contributed by atoms with E-state index in [0.29, 0.717) is 11.3 Å². The molecule has 0 atom stereocenters. The Hall–Kier alpha value is -4.05. The number of nitrogens with zero attached hydrogens (tertiary/aromatic N) is 2. The molecule has 0 aliphatic rings. The minimum atomic E-state index is -1.37. The molecule has 4 N–H and O–H groups in total. The molecule has 33 heavy (non-hydrogen) atoms. The first-order valence-electron chi connectivity index (χ1n) is 9.90. The fraction of sp³-hybridized carbons (Fsp3) is 0.174. The van der Waals surface area contributed by atoms with E-state index in [1.807, 2.05) is 12.1 Å². The van der Waals surface area contributed by atoms with Crippen LogP contribution in [0.25, 0.3) is 5.69 Å². The molecular formula is C23H22N5O4S-. The van der Waals surface area contributed by atoms with Crippen LogP contribution in [0.4, 0.5) is 5.82 Å². The Morgan fingerprint density at radius 3 is 2.30 bits per heavy atom. The molecule has 1 aromatic heterocycles. The van der Waals surface area contributed by atoms with Crippen LogP contribution < -0.4 is 21.5 Å². The minimum Gasteiger partial charge on any atom is -0.545 e. The molecule has 170 valence electrons. The molecule has 0 spiro atoms. The number of carbonyl (C=O) groups excluding carboxylic acids is 3. The second kappa shape index (κ2) is 9.21. The summed E-state index contributed by atoms with van der Waals surface area (Å²) in [6.07, 6.45) is 1.21. The van der Waals surface area contributed by atoms with Crippen molar-refractivity contribution in [1.82, 2.24) is 15.1 Å². The van der Waals surface area contributed by atoms with Crippen LogP contribution in [0.5, 0.6) is 0 Å². The molecule has 0 unspecified atom stereocenters. The van der Waals surface area contributed by atoms with Gasteiger partial charge in [-0.25, -0.2) is 4.68 Å². The van der Waals surface area contributed by atoms with Crippen LogP contribution in [0.1, 0.15) is 57.4 Å². The average Bonchev–Trinajstić information content (AvgIpc) is 3.16. The van der Waals surface area contributed by atoms with Crippen LogP contribution >= 0.6 is 12.2 Å². The third-order valence-corrected chi connectivity index (χ3v) is 5.04. The zero-order valence-corrected chi connectivity index (χ0v) is 19.0. The summed E-state index contributed by atoms with van der Waals surface area (Å²) < 4.78 is 1.25. The Bertz CT molecular complexity index is 1240. The normalized spacial score (nSPS) is 11.0. The minimum absolute atomic E-state index is 0.0000165. The van der Waals surface area contributed by atoms with Gasteiger partial charge in [0.15, 0.2) is 5.11 Å². The maximum atomic E-state index is 12.6. The molecule has 0 radical (unpaired) electrons. The lowest BCUT2D eigenvalue weighted by Gasteiger charge is -2.19. The van der Waals surface area contributed by atoms with E-state index >= 15 is 0 Å². The van der Waals surface area contributed by atoms with Gasteiger partial charge in [0.05, 0.1) is 17.9 Å². The molecule has 2 aromatic carbocycles. The van der Waals surface area contributed by atoms with E-state index in [4.69, 9.17) is 18.0 Å². The number of anilines is 1. The lowest BCUT2D eigenvalue weighted by Crippen LogP contribution is -2.35. The zero-order valence-electron chi connectivity index (χ0n) is 18.2. The quantitative estimate of drug-likeness (QED) is 0.488. The number of amides is 2. The van der Waals surface area contributed by atoms with Gasteiger partial charge in [0, 0.05) is 5.56 Å². The number of aromatic nitrogens is 2. The first kappa shape index (κ1) is 23.6. The lowest BCUT2D eigenvalue weighted by molar-refractivity contribution is -0.255. The van der Waals surface area contributed by atoms with Crippen molar-refractivity contribution in [3.05, 3.63) is 77.0 Å². The highest BCUT2D eigenvalue weighted by molar-refractivity contribution is 7.80. The van der Waals surface area contributed by atoms with E-state index in [1.165, 1.54) is 29.1 Å². The Morgan fingerprint density at radius 1 is 1.06 bits per heavy atom. The second-order valence-corrected chi connectivity index (χ2v) is 8.66. The van der Waals surface area contributed by atoms with Crippen molar-refractivity contribution in [3.8, 4) is 5.69 Å². The fourth-order valence-corrected chi connectivity index (χ4v) is 3.23. The van der Waals surface area contributed by atoms with Gasteiger partial charge in [0.2, 0.25) is 0 Å². The van der Waals surface area contributed by atoms with E-state index < -0.39 is 17.8 Å². The second-order valence-electron chi connectivity index (χ2n) is 8.26. The summed E-state index contributed by atoms with van der Waals surface area (Å²) in [6, 6.07) is 12.9. The summed E-state index contributed by atoms with van der Waals surface area (Å²) in [7, 11) is 0. The molecular weight excluding hydrogens is 442 g/mol. The number of nitrogens with two attached hydrogens (primary N) is 1. The van der Waals surface area contributed by atoms with Crippen molar-refractivity contribution >= 4 is 40.9 Å². The van der Waals surface area contributed by atoms with Crippen molar-refractivity contribution in [2.75, 3.05) is 5.32 Å². The van der Waals surface area contributed by atoms with Gasteiger partial charge < -0.3 is 21.0 Å². The number of carboxylic acids is 1. The van der Waals surface area contributed by atoms with Gasteiger partial charge in [-0.15, -0.1) is 0 Å². The number of thiocarbonyl (C=S) groups is 1. The summed E-state index contributed by atoms with van der Waals surface area (Å²) in [5.74, 6) is -2.52. The summed E-state index contributed by atoms with van der Waals surface area (Å²) in [5, 5.41) is 20.5. The predicted molar refractivity (Wildman–Crippen MR) is 125 cm³/mol. The molecule has 1 heterocycles. The SMILES string of the molecule is CC(C)(C)c1ccc(C(=O)NC(=S)Nc2c(C(N)=O)cnn2-c2cccc(C(=O)[O-])c2)cc1. The number of carbonyl (C=O) groups is 3. The Morgan fingerprint density at radius 2 is 1.73 bits per heavy atom. The number of nitrogens with one attached hydrogen (secondary N) is 2. The summed E-state index contributed by atoms with van der Waals surface area (Å²) in [6.45, 7) is 6.22. The zero-order chi connectivity index (χ0) is 24.3. The molecule has 9 nitrogen and oxygen atoms in total. The Labute approximate surface area is 195 Å². The summed E-state index contributed by atoms with van der Waals surface area (Å²) in [4.78, 5) is 35.7. The van der Waals surface area contributed by atoms with Crippen molar-refractivity contribution in [2.24, 2.45) is 5.73 Å². The number of carboxylic acid groups (broad SMARTS) is 1. The molecule has 0 bridgehead atoms. The highest BCUT2D eigenvalue weighted by atomic mass is 32.1. The van der Waals surface area contributed by atoms with Crippen molar-refractivity contribution in [2.45, 2.75) is 26.2 Å². The predicted octanol–water partition coefficient (Wildman–Crippen LogP) is 1.76. The van der Waals surface area contributed by atoms with Gasteiger partial charge in [-0.2, -0.15) is 5.10 Å². The topological polar surface area (TPSA) is 142 Å². The summed E-state index contributed by atoms with van der Waals surface area (Å²) >= 11 is 5.25. The standard InChI is InChI=1S/C23H23N5O4S/c1-23(2,3)15-9-7-13(8-10-15)20(30)27-22(33)26-19-17(18(24)29)12-25-28(19)16-6-4-5-14(11-16)21(31)32/h4-12H,1-3H3,(H2,24,29)(H,31,32)(H2,26,27,30,33)/p-1. The molecule has 3 aromatic rings. The largest absolute Gasteiger partial charge is 0.545 e. The average molecular weight is 465 g/mol. The smallest absolute Gasteiger partial charge is 0.257 e. The molecule has 0 saturated heterocycles. The number of hydrogen-bond donors (Lipinski definition) is 3. The highest BCUT2D eigenvalue weighted by Gasteiger charge is 2.19. The highest BCUT2D eigenvalue weighted by Crippen LogP contribution is 2.23. The van der Waals surface area contributed by atoms with Crippen LogP contribution in [-0.4, -0.2) is 32.7 Å². The van der Waals surface area contributed by atoms with Gasteiger partial charge in [-0.05, 0) is 53.0 Å². The Kier molecular flexibility index (Phi) is 6.59. The van der Waals surface area contributed by atoms with Crippen LogP contribution in [0.15, 0.2) is 54.7 Å². The third-order valence-electron chi connectivity index (χ3n) is 4.83. The van der Waals surface area contributed by atoms with Crippen molar-refractivity contribution in [3.63, 3.8) is 0 Å². The molecule has 0 fully saturated rings. The molecule has 10 heteroatoms. The van der Waals surface area contributed by atoms with Crippen molar-refractivity contribution in [1.29, 1.82) is 0 Å². The number of rotatable bonds is 5. The van der Waals surface area contributed by atoms with E-state index in [1.54, 1.807) is 18.2 Å². The fourth-order valence-electron chi connectivity index (χ4n) is 3.05. The van der Waals surface area contributed by atoms with Gasteiger partial charge in [0.25, 0.3) is 11.8 Å². The number of hydrogen-bond acceptors (Lipinski definition) is 6. The first-order valence-corrected chi connectivity index (χ1v) is 10.3. The molecule has 0 aliphatic carbocycles.